The lowest BCUT2D eigenvalue weighted by Crippen LogP contribution is -2.40. The fourth-order valence-electron chi connectivity index (χ4n) is 4.22. The minimum atomic E-state index is -1.75. The van der Waals surface area contributed by atoms with Gasteiger partial charge in [-0.2, -0.15) is 0 Å². The molecular formula is C26H42O5Si. The summed E-state index contributed by atoms with van der Waals surface area (Å²) in [5.74, 6) is -1.02. The van der Waals surface area contributed by atoms with Gasteiger partial charge in [0, 0.05) is 24.8 Å². The average molecular weight is 463 g/mol. The third kappa shape index (κ3) is 7.29. The van der Waals surface area contributed by atoms with E-state index in [9.17, 15) is 14.4 Å². The molecular weight excluding hydrogens is 420 g/mol. The van der Waals surface area contributed by atoms with Gasteiger partial charge in [-0.05, 0) is 50.1 Å². The predicted octanol–water partition coefficient (Wildman–Crippen LogP) is 5.96. The molecule has 6 heteroatoms. The molecule has 0 saturated heterocycles. The van der Waals surface area contributed by atoms with Crippen LogP contribution in [0.4, 0.5) is 0 Å². The maximum absolute atomic E-state index is 12.8. The Morgan fingerprint density at radius 1 is 1.06 bits per heavy atom. The van der Waals surface area contributed by atoms with E-state index < -0.39 is 14.0 Å². The van der Waals surface area contributed by atoms with Crippen LogP contribution in [0.1, 0.15) is 67.2 Å². The van der Waals surface area contributed by atoms with Gasteiger partial charge in [0.05, 0.1) is 15.2 Å². The summed E-state index contributed by atoms with van der Waals surface area (Å²) in [5, 5.41) is 1.36. The molecule has 1 aliphatic rings. The summed E-state index contributed by atoms with van der Waals surface area (Å²) in [7, 11) is -0.461. The number of esters is 2. The van der Waals surface area contributed by atoms with Gasteiger partial charge in [0.15, 0.2) is 5.78 Å². The van der Waals surface area contributed by atoms with E-state index in [1.165, 1.54) is 30.9 Å². The highest BCUT2D eigenvalue weighted by Crippen LogP contribution is 2.43. The van der Waals surface area contributed by atoms with E-state index in [0.29, 0.717) is 0 Å². The number of carbonyl (C=O) groups excluding carboxylic acids is 3. The summed E-state index contributed by atoms with van der Waals surface area (Å²) in [4.78, 5) is 36.2. The minimum absolute atomic E-state index is 0.116. The van der Waals surface area contributed by atoms with Gasteiger partial charge < -0.3 is 9.47 Å². The van der Waals surface area contributed by atoms with E-state index in [1.54, 1.807) is 6.92 Å². The Balaban J connectivity index is 3.25. The first-order chi connectivity index (χ1) is 14.6. The molecule has 0 aromatic rings. The van der Waals surface area contributed by atoms with Crippen LogP contribution >= 0.6 is 0 Å². The normalized spacial score (nSPS) is 22.8. The number of ether oxygens (including phenoxy) is 2. The van der Waals surface area contributed by atoms with Crippen molar-refractivity contribution in [2.45, 2.75) is 91.5 Å². The lowest BCUT2D eigenvalue weighted by molar-refractivity contribution is -0.153. The van der Waals surface area contributed by atoms with Crippen LogP contribution in [0.25, 0.3) is 0 Å². The zero-order valence-corrected chi connectivity index (χ0v) is 22.5. The fourth-order valence-corrected chi connectivity index (χ4v) is 5.77. The number of allylic oxidation sites excluding steroid dienone is 4. The Hall–Kier alpha value is -1.95. The summed E-state index contributed by atoms with van der Waals surface area (Å²) in [6.45, 7) is 21.0. The molecule has 3 atom stereocenters. The molecule has 32 heavy (non-hydrogen) atoms. The highest BCUT2D eigenvalue weighted by atomic mass is 28.3. The third-order valence-corrected chi connectivity index (χ3v) is 12.8. The molecule has 1 rings (SSSR count). The molecule has 0 unspecified atom stereocenters. The van der Waals surface area contributed by atoms with Crippen molar-refractivity contribution in [3.63, 3.8) is 0 Å². The van der Waals surface area contributed by atoms with Crippen molar-refractivity contribution in [2.75, 3.05) is 7.11 Å². The SMILES string of the molecule is C=C(/C=C(\C)[C@@H]1CCC[C@@H](OC(C)=O)[C@H]1CC(=O)/C=C(\C)C(=O)OC)[Si](C)(C)C(C)(C)C. The second-order valence-corrected chi connectivity index (χ2v) is 16.0. The first kappa shape index (κ1) is 28.1. The Morgan fingerprint density at radius 3 is 2.16 bits per heavy atom. The molecule has 180 valence electrons. The highest BCUT2D eigenvalue weighted by molar-refractivity contribution is 6.87. The molecule has 0 spiro atoms. The van der Waals surface area contributed by atoms with Crippen molar-refractivity contribution in [3.05, 3.63) is 35.1 Å². The van der Waals surface area contributed by atoms with E-state index in [4.69, 9.17) is 9.47 Å². The lowest BCUT2D eigenvalue weighted by atomic mass is 9.71. The van der Waals surface area contributed by atoms with Crippen LogP contribution < -0.4 is 0 Å². The number of carbonyl (C=O) groups is 3. The molecule has 0 N–H and O–H groups in total. The van der Waals surface area contributed by atoms with Gasteiger partial charge >= 0.3 is 11.9 Å². The second-order valence-electron chi connectivity index (χ2n) is 10.6. The first-order valence-corrected chi connectivity index (χ1v) is 14.5. The predicted molar refractivity (Wildman–Crippen MR) is 132 cm³/mol. The zero-order valence-electron chi connectivity index (χ0n) is 21.5. The van der Waals surface area contributed by atoms with Gasteiger partial charge in [0.25, 0.3) is 0 Å². The molecule has 5 nitrogen and oxygen atoms in total. The summed E-state index contributed by atoms with van der Waals surface area (Å²) in [5.41, 5.74) is 1.45. The van der Waals surface area contributed by atoms with E-state index in [1.807, 2.05) is 0 Å². The standard InChI is InChI=1S/C26H42O5Si/c1-17(14-19(3)32(9,10)26(5,6)7)22-12-11-13-24(31-20(4)27)23(22)16-21(28)15-18(2)25(29)30-8/h14-15,22-24H,3,11-13,16H2,1-2,4-10H3/b17-14+,18-15+/t22-,23-,24+/m0/s1. The van der Waals surface area contributed by atoms with Crippen LogP contribution in [0.2, 0.25) is 18.1 Å². The van der Waals surface area contributed by atoms with Gasteiger partial charge in [0.2, 0.25) is 0 Å². The molecule has 0 aliphatic heterocycles. The van der Waals surface area contributed by atoms with E-state index in [2.05, 4.69) is 53.4 Å². The third-order valence-electron chi connectivity index (χ3n) is 7.30. The Labute approximate surface area is 195 Å². The molecule has 0 heterocycles. The number of ketones is 1. The number of hydrogen-bond donors (Lipinski definition) is 0. The van der Waals surface area contributed by atoms with Crippen LogP contribution in [-0.2, 0) is 23.9 Å². The second kappa shape index (κ2) is 11.3. The average Bonchev–Trinajstić information content (AvgIpc) is 2.66. The van der Waals surface area contributed by atoms with Gasteiger partial charge in [-0.3, -0.25) is 9.59 Å². The maximum atomic E-state index is 12.8. The quantitative estimate of drug-likeness (QED) is 0.192. The van der Waals surface area contributed by atoms with Crippen LogP contribution in [-0.4, -0.2) is 39.0 Å². The smallest absolute Gasteiger partial charge is 0.333 e. The van der Waals surface area contributed by atoms with E-state index in [-0.39, 0.29) is 46.7 Å². The molecule has 0 aromatic heterocycles. The Kier molecular flexibility index (Phi) is 9.88. The Morgan fingerprint density at radius 2 is 1.66 bits per heavy atom. The van der Waals surface area contributed by atoms with Crippen LogP contribution in [0.15, 0.2) is 35.1 Å². The van der Waals surface area contributed by atoms with Crippen molar-refractivity contribution in [1.82, 2.24) is 0 Å². The lowest BCUT2D eigenvalue weighted by Gasteiger charge is -2.40. The maximum Gasteiger partial charge on any atom is 0.333 e. The molecule has 1 aliphatic carbocycles. The zero-order chi connectivity index (χ0) is 24.9. The monoisotopic (exact) mass is 462 g/mol. The van der Waals surface area contributed by atoms with Crippen molar-refractivity contribution >= 4 is 25.8 Å². The van der Waals surface area contributed by atoms with Crippen molar-refractivity contribution in [3.8, 4) is 0 Å². The molecule has 1 saturated carbocycles. The summed E-state index contributed by atoms with van der Waals surface area (Å²) >= 11 is 0. The van der Waals surface area contributed by atoms with Crippen molar-refractivity contribution < 1.29 is 23.9 Å². The van der Waals surface area contributed by atoms with Crippen LogP contribution in [0.3, 0.4) is 0 Å². The first-order valence-electron chi connectivity index (χ1n) is 11.5. The molecule has 1 fully saturated rings. The topological polar surface area (TPSA) is 69.7 Å². The van der Waals surface area contributed by atoms with Gasteiger partial charge in [-0.15, -0.1) is 0 Å². The molecule has 0 aromatic carbocycles. The van der Waals surface area contributed by atoms with Gasteiger partial charge in [0.1, 0.15) is 6.10 Å². The largest absolute Gasteiger partial charge is 0.466 e. The molecule has 0 bridgehead atoms. The fraction of sp³-hybridized carbons (Fsp3) is 0.654. The number of methoxy groups -OCH3 is 1. The summed E-state index contributed by atoms with van der Waals surface area (Å²) in [6.07, 6.45) is 6.07. The highest BCUT2D eigenvalue weighted by Gasteiger charge is 2.39. The Bertz CT molecular complexity index is 798. The van der Waals surface area contributed by atoms with Crippen molar-refractivity contribution in [2.24, 2.45) is 11.8 Å². The summed E-state index contributed by atoms with van der Waals surface area (Å²) in [6, 6.07) is 0. The van der Waals surface area contributed by atoms with Gasteiger partial charge in [-0.25, -0.2) is 4.79 Å². The summed E-state index contributed by atoms with van der Waals surface area (Å²) < 4.78 is 10.3. The molecule has 0 radical (unpaired) electrons. The van der Waals surface area contributed by atoms with E-state index in [0.717, 1.165) is 19.3 Å². The van der Waals surface area contributed by atoms with Crippen LogP contribution in [0, 0.1) is 11.8 Å². The number of hydrogen-bond acceptors (Lipinski definition) is 5. The minimum Gasteiger partial charge on any atom is -0.466 e. The van der Waals surface area contributed by atoms with Gasteiger partial charge in [-0.1, -0.05) is 57.3 Å². The van der Waals surface area contributed by atoms with E-state index >= 15 is 0 Å². The van der Waals surface area contributed by atoms with Crippen molar-refractivity contribution in [1.29, 1.82) is 0 Å². The molecule has 0 amide bonds. The number of rotatable bonds is 8. The van der Waals surface area contributed by atoms with Crippen LogP contribution in [0.5, 0.6) is 0 Å².